The Kier molecular flexibility index (Phi) is 2.26. The van der Waals surface area contributed by atoms with E-state index < -0.39 is 8.07 Å². The van der Waals surface area contributed by atoms with Gasteiger partial charge in [0.15, 0.2) is 5.78 Å². The maximum absolute atomic E-state index is 11.5. The predicted octanol–water partition coefficient (Wildman–Crippen LogP) is 2.20. The zero-order valence-electron chi connectivity index (χ0n) is 11.1. The molecule has 0 N–H and O–H groups in total. The fourth-order valence-electron chi connectivity index (χ4n) is 3.13. The molecular weight excluding hydrogens is 240 g/mol. The van der Waals surface area contributed by atoms with Crippen LogP contribution < -0.4 is 5.19 Å². The third-order valence-electron chi connectivity index (χ3n) is 4.82. The van der Waals surface area contributed by atoms with E-state index in [2.05, 4.69) is 44.3 Å². The van der Waals surface area contributed by atoms with Gasteiger partial charge < -0.3 is 4.74 Å². The fraction of sp³-hybridized carbons (Fsp3) is 0.400. The van der Waals surface area contributed by atoms with Gasteiger partial charge in [0.25, 0.3) is 0 Å². The Labute approximate surface area is 109 Å². The molecule has 94 valence electrons. The lowest BCUT2D eigenvalue weighted by atomic mass is 10.1. The van der Waals surface area contributed by atoms with Gasteiger partial charge in [-0.15, -0.1) is 0 Å². The first-order valence-corrected chi connectivity index (χ1v) is 9.39. The highest BCUT2D eigenvalue weighted by molar-refractivity contribution is 6.93. The van der Waals surface area contributed by atoms with Gasteiger partial charge >= 0.3 is 0 Å². The largest absolute Gasteiger partial charge is 0.361 e. The number of hydrogen-bond donors (Lipinski definition) is 0. The third kappa shape index (κ3) is 1.35. The van der Waals surface area contributed by atoms with E-state index in [1.807, 2.05) is 12.1 Å². The lowest BCUT2D eigenvalue weighted by Crippen LogP contribution is -2.56. The molecule has 1 heterocycles. The number of carbonyl (C=O) groups excluding carboxylic acids is 1. The number of ether oxygens (including phenoxy) is 1. The quantitative estimate of drug-likeness (QED) is 0.601. The summed E-state index contributed by atoms with van der Waals surface area (Å²) in [4.78, 5) is 11.5. The van der Waals surface area contributed by atoms with Gasteiger partial charge in [0.2, 0.25) is 0 Å². The molecule has 2 nitrogen and oxygen atoms in total. The molecule has 1 aliphatic heterocycles. The third-order valence-corrected chi connectivity index (χ3v) is 9.50. The maximum atomic E-state index is 11.5. The molecule has 1 aromatic rings. The van der Waals surface area contributed by atoms with Crippen molar-refractivity contribution >= 4 is 19.0 Å². The second kappa shape index (κ2) is 3.43. The molecule has 3 rings (SSSR count). The van der Waals surface area contributed by atoms with Crippen molar-refractivity contribution in [3.8, 4) is 0 Å². The SMILES string of the molecule is C[C@@]1([Si](C)(C)c2ccccc2)O[C@]12C=CC(=O)C2. The average molecular weight is 258 g/mol. The van der Waals surface area contributed by atoms with Gasteiger partial charge in [-0.2, -0.15) is 0 Å². The molecule has 3 heteroatoms. The number of hydrogen-bond acceptors (Lipinski definition) is 2. The van der Waals surface area contributed by atoms with Crippen molar-refractivity contribution < 1.29 is 9.53 Å². The van der Waals surface area contributed by atoms with Crippen LogP contribution >= 0.6 is 0 Å². The Morgan fingerprint density at radius 1 is 1.22 bits per heavy atom. The molecule has 1 saturated heterocycles. The highest BCUT2D eigenvalue weighted by Gasteiger charge is 2.74. The Balaban J connectivity index is 1.97. The Morgan fingerprint density at radius 3 is 2.44 bits per heavy atom. The van der Waals surface area contributed by atoms with Gasteiger partial charge in [-0.05, 0) is 19.1 Å². The predicted molar refractivity (Wildman–Crippen MR) is 74.5 cm³/mol. The summed E-state index contributed by atoms with van der Waals surface area (Å²) in [5.74, 6) is 0.191. The summed E-state index contributed by atoms with van der Waals surface area (Å²) in [5.41, 5.74) is -0.310. The van der Waals surface area contributed by atoms with E-state index in [-0.39, 0.29) is 16.6 Å². The van der Waals surface area contributed by atoms with Gasteiger partial charge in [0.1, 0.15) is 13.7 Å². The summed E-state index contributed by atoms with van der Waals surface area (Å²) < 4.78 is 6.10. The fourth-order valence-corrected chi connectivity index (χ4v) is 6.37. The van der Waals surface area contributed by atoms with Crippen LogP contribution in [0.1, 0.15) is 13.3 Å². The van der Waals surface area contributed by atoms with Crippen LogP contribution in [-0.2, 0) is 9.53 Å². The summed E-state index contributed by atoms with van der Waals surface area (Å²) in [6.07, 6.45) is 4.18. The van der Waals surface area contributed by atoms with Crippen molar-refractivity contribution in [1.82, 2.24) is 0 Å². The van der Waals surface area contributed by atoms with Crippen LogP contribution in [-0.4, -0.2) is 24.7 Å². The first kappa shape index (κ1) is 11.9. The monoisotopic (exact) mass is 258 g/mol. The van der Waals surface area contributed by atoms with Crippen molar-refractivity contribution in [3.05, 3.63) is 42.5 Å². The lowest BCUT2D eigenvalue weighted by Gasteiger charge is -2.29. The molecule has 18 heavy (non-hydrogen) atoms. The minimum atomic E-state index is -1.76. The average Bonchev–Trinajstić information content (AvgIpc) is 2.75. The summed E-state index contributed by atoms with van der Waals surface area (Å²) in [6.45, 7) is 6.83. The molecule has 0 unspecified atom stereocenters. The number of benzene rings is 1. The highest BCUT2D eigenvalue weighted by atomic mass is 28.3. The second-order valence-corrected chi connectivity index (χ2v) is 10.8. The maximum Gasteiger partial charge on any atom is 0.158 e. The smallest absolute Gasteiger partial charge is 0.158 e. The van der Waals surface area contributed by atoms with Crippen molar-refractivity contribution in [3.63, 3.8) is 0 Å². The molecule has 0 amide bonds. The zero-order valence-corrected chi connectivity index (χ0v) is 12.1. The molecule has 1 fully saturated rings. The number of carbonyl (C=O) groups is 1. The number of epoxide rings is 1. The summed E-state index contributed by atoms with van der Waals surface area (Å²) in [5, 5.41) is 1.22. The second-order valence-electron chi connectivity index (χ2n) is 5.99. The van der Waals surface area contributed by atoms with Crippen molar-refractivity contribution in [2.24, 2.45) is 0 Å². The minimum Gasteiger partial charge on any atom is -0.361 e. The van der Waals surface area contributed by atoms with Crippen LogP contribution in [0.5, 0.6) is 0 Å². The van der Waals surface area contributed by atoms with E-state index in [1.54, 1.807) is 6.08 Å². The normalized spacial score (nSPS) is 34.3. The number of rotatable bonds is 2. The van der Waals surface area contributed by atoms with Gasteiger partial charge in [0.05, 0.1) is 5.22 Å². The molecule has 0 bridgehead atoms. The Morgan fingerprint density at radius 2 is 1.89 bits per heavy atom. The van der Waals surface area contributed by atoms with E-state index in [0.29, 0.717) is 6.42 Å². The summed E-state index contributed by atoms with van der Waals surface area (Å²) in [7, 11) is -1.76. The van der Waals surface area contributed by atoms with Gasteiger partial charge in [-0.3, -0.25) is 4.79 Å². The molecule has 2 atom stereocenters. The molecule has 1 spiro atoms. The molecule has 1 aliphatic carbocycles. The van der Waals surface area contributed by atoms with Crippen LogP contribution in [0.15, 0.2) is 42.5 Å². The molecular formula is C15H18O2Si. The topological polar surface area (TPSA) is 29.6 Å². The molecule has 0 saturated carbocycles. The van der Waals surface area contributed by atoms with Crippen LogP contribution in [0.4, 0.5) is 0 Å². The van der Waals surface area contributed by atoms with Gasteiger partial charge in [-0.1, -0.05) is 48.6 Å². The van der Waals surface area contributed by atoms with Crippen LogP contribution in [0.2, 0.25) is 13.1 Å². The van der Waals surface area contributed by atoms with E-state index in [9.17, 15) is 4.79 Å². The van der Waals surface area contributed by atoms with Crippen molar-refractivity contribution in [2.75, 3.05) is 0 Å². The Bertz CT molecular complexity index is 535. The van der Waals surface area contributed by atoms with Crippen molar-refractivity contribution in [1.29, 1.82) is 0 Å². The molecule has 2 aliphatic rings. The number of ketones is 1. The Hall–Kier alpha value is -1.19. The minimum absolute atomic E-state index is 0.163. The van der Waals surface area contributed by atoms with Gasteiger partial charge in [-0.25, -0.2) is 0 Å². The molecule has 0 aromatic heterocycles. The zero-order chi connectivity index (χ0) is 13.0. The van der Waals surface area contributed by atoms with E-state index in [4.69, 9.17) is 4.74 Å². The van der Waals surface area contributed by atoms with Crippen LogP contribution in [0.25, 0.3) is 0 Å². The lowest BCUT2D eigenvalue weighted by molar-refractivity contribution is -0.114. The van der Waals surface area contributed by atoms with Crippen LogP contribution in [0, 0.1) is 0 Å². The van der Waals surface area contributed by atoms with E-state index in [1.165, 1.54) is 5.19 Å². The summed E-state index contributed by atoms with van der Waals surface area (Å²) >= 11 is 0. The molecule has 1 aromatic carbocycles. The standard InChI is InChI=1S/C15H18O2Si/c1-14(15(17-14)10-9-12(16)11-15)18(2,3)13-7-5-4-6-8-13/h4-10H,11H2,1-3H3/t14-,15-/m0/s1. The molecule has 0 radical (unpaired) electrons. The summed E-state index contributed by atoms with van der Waals surface area (Å²) in [6, 6.07) is 10.6. The first-order chi connectivity index (χ1) is 8.41. The first-order valence-electron chi connectivity index (χ1n) is 6.39. The van der Waals surface area contributed by atoms with Crippen molar-refractivity contribution in [2.45, 2.75) is 37.3 Å². The van der Waals surface area contributed by atoms with Gasteiger partial charge in [0, 0.05) is 6.42 Å². The highest BCUT2D eigenvalue weighted by Crippen LogP contribution is 2.58. The van der Waals surface area contributed by atoms with Crippen LogP contribution in [0.3, 0.4) is 0 Å². The number of allylic oxidation sites excluding steroid dienone is 1. The van der Waals surface area contributed by atoms with E-state index in [0.717, 1.165) is 0 Å². The van der Waals surface area contributed by atoms with E-state index >= 15 is 0 Å².